The first-order valence-corrected chi connectivity index (χ1v) is 12.7. The third kappa shape index (κ3) is 5.95. The average Bonchev–Trinajstić information content (AvgIpc) is 2.94. The van der Waals surface area contributed by atoms with Gasteiger partial charge in [0.15, 0.2) is 5.84 Å². The monoisotopic (exact) mass is 471 g/mol. The summed E-state index contributed by atoms with van der Waals surface area (Å²) < 4.78 is 43.8. The minimum Gasteiger partial charge on any atom is -0.335 e. The Labute approximate surface area is 194 Å². The average molecular weight is 472 g/mol. The third-order valence-electron chi connectivity index (χ3n) is 5.55. The SMILES string of the molecule is CC#N.CC(C)NS(=O)(=O)C1=CN=C(c2cc3ccc(F)cc3n2C2CCCCC2)N=CC1. The molecule has 176 valence electrons. The van der Waals surface area contributed by atoms with Gasteiger partial charge in [0.2, 0.25) is 10.0 Å². The molecule has 1 aliphatic carbocycles. The summed E-state index contributed by atoms with van der Waals surface area (Å²) in [5, 5.41) is 8.25. The van der Waals surface area contributed by atoms with E-state index in [1.165, 1.54) is 25.6 Å². The van der Waals surface area contributed by atoms with E-state index >= 15 is 0 Å². The first-order chi connectivity index (χ1) is 15.8. The van der Waals surface area contributed by atoms with Gasteiger partial charge in [-0.3, -0.25) is 0 Å². The number of nitrogens with zero attached hydrogens (tertiary/aromatic N) is 4. The molecule has 1 saturated carbocycles. The second-order valence-corrected chi connectivity index (χ2v) is 10.2. The summed E-state index contributed by atoms with van der Waals surface area (Å²) in [7, 11) is -3.62. The van der Waals surface area contributed by atoms with Crippen molar-refractivity contribution in [3.63, 3.8) is 0 Å². The number of amidine groups is 1. The maximum absolute atomic E-state index is 14.0. The number of sulfonamides is 1. The van der Waals surface area contributed by atoms with E-state index in [0.717, 1.165) is 42.3 Å². The maximum atomic E-state index is 14.0. The van der Waals surface area contributed by atoms with Crippen LogP contribution >= 0.6 is 0 Å². The Morgan fingerprint density at radius 1 is 1.21 bits per heavy atom. The quantitative estimate of drug-likeness (QED) is 0.648. The molecule has 2 heterocycles. The topological polar surface area (TPSA) is 99.6 Å². The Balaban J connectivity index is 0.000000968. The Bertz CT molecular complexity index is 1230. The van der Waals surface area contributed by atoms with Crippen LogP contribution in [-0.2, 0) is 10.0 Å². The van der Waals surface area contributed by atoms with Gasteiger partial charge in [-0.1, -0.05) is 19.3 Å². The predicted molar refractivity (Wildman–Crippen MR) is 130 cm³/mol. The molecule has 0 amide bonds. The number of benzene rings is 1. The van der Waals surface area contributed by atoms with Crippen molar-refractivity contribution in [1.29, 1.82) is 5.26 Å². The van der Waals surface area contributed by atoms with E-state index in [-0.39, 0.29) is 29.2 Å². The molecule has 0 spiro atoms. The lowest BCUT2D eigenvalue weighted by molar-refractivity contribution is 0.359. The van der Waals surface area contributed by atoms with Gasteiger partial charge in [0.05, 0.1) is 22.2 Å². The zero-order valence-corrected chi connectivity index (χ0v) is 20.1. The third-order valence-corrected chi connectivity index (χ3v) is 7.29. The van der Waals surface area contributed by atoms with E-state index in [4.69, 9.17) is 5.26 Å². The summed E-state index contributed by atoms with van der Waals surface area (Å²) in [5.74, 6) is 0.176. The first-order valence-electron chi connectivity index (χ1n) is 11.2. The number of fused-ring (bicyclic) bond motifs is 1. The van der Waals surface area contributed by atoms with E-state index in [9.17, 15) is 12.8 Å². The molecule has 0 atom stereocenters. The molecule has 4 rings (SSSR count). The number of halogens is 1. The summed E-state index contributed by atoms with van der Waals surface area (Å²) >= 11 is 0. The van der Waals surface area contributed by atoms with Gasteiger partial charge in [-0.05, 0) is 51.0 Å². The summed E-state index contributed by atoms with van der Waals surface area (Å²) in [4.78, 5) is 9.10. The van der Waals surface area contributed by atoms with Crippen LogP contribution in [0.2, 0.25) is 0 Å². The van der Waals surface area contributed by atoms with Gasteiger partial charge in [-0.15, -0.1) is 0 Å². The highest BCUT2D eigenvalue weighted by Gasteiger charge is 2.24. The lowest BCUT2D eigenvalue weighted by atomic mass is 9.95. The molecule has 1 aliphatic heterocycles. The van der Waals surface area contributed by atoms with Gasteiger partial charge in [-0.25, -0.2) is 27.5 Å². The molecule has 1 aromatic heterocycles. The van der Waals surface area contributed by atoms with Crippen molar-refractivity contribution in [2.75, 3.05) is 0 Å². The van der Waals surface area contributed by atoms with Gasteiger partial charge >= 0.3 is 0 Å². The molecule has 1 aromatic carbocycles. The number of nitrogens with one attached hydrogen (secondary N) is 1. The lowest BCUT2D eigenvalue weighted by Gasteiger charge is -2.26. The molecule has 2 aromatic rings. The van der Waals surface area contributed by atoms with Crippen molar-refractivity contribution in [1.82, 2.24) is 9.29 Å². The summed E-state index contributed by atoms with van der Waals surface area (Å²) in [5.41, 5.74) is 1.63. The fourth-order valence-electron chi connectivity index (χ4n) is 4.24. The first kappa shape index (κ1) is 24.8. The fourth-order valence-corrected chi connectivity index (χ4v) is 5.50. The van der Waals surface area contributed by atoms with Crippen LogP contribution in [0.3, 0.4) is 0 Å². The Morgan fingerprint density at radius 2 is 1.91 bits per heavy atom. The Morgan fingerprint density at radius 3 is 2.58 bits per heavy atom. The fraction of sp³-hybridized carbons (Fsp3) is 0.458. The van der Waals surface area contributed by atoms with E-state index in [0.29, 0.717) is 5.84 Å². The zero-order valence-electron chi connectivity index (χ0n) is 19.3. The molecule has 0 saturated heterocycles. The van der Waals surface area contributed by atoms with Gasteiger partial charge < -0.3 is 4.57 Å². The summed E-state index contributed by atoms with van der Waals surface area (Å²) in [6.07, 6.45) is 8.68. The number of hydrogen-bond acceptors (Lipinski definition) is 5. The largest absolute Gasteiger partial charge is 0.335 e. The number of rotatable bonds is 5. The van der Waals surface area contributed by atoms with Crippen LogP contribution in [0, 0.1) is 17.1 Å². The molecule has 7 nitrogen and oxygen atoms in total. The molecular formula is C24H30FN5O2S. The molecule has 2 aliphatic rings. The summed E-state index contributed by atoms with van der Waals surface area (Å²) in [6, 6.07) is 8.56. The van der Waals surface area contributed by atoms with Gasteiger partial charge in [0, 0.05) is 43.2 Å². The van der Waals surface area contributed by atoms with Gasteiger partial charge in [0.1, 0.15) is 5.82 Å². The van der Waals surface area contributed by atoms with Crippen molar-refractivity contribution in [2.24, 2.45) is 9.98 Å². The number of aromatic nitrogens is 1. The normalized spacial score (nSPS) is 17.1. The highest BCUT2D eigenvalue weighted by Crippen LogP contribution is 2.34. The predicted octanol–water partition coefficient (Wildman–Crippen LogP) is 5.21. The van der Waals surface area contributed by atoms with E-state index < -0.39 is 10.0 Å². The summed E-state index contributed by atoms with van der Waals surface area (Å²) in [6.45, 7) is 4.98. The van der Waals surface area contributed by atoms with Crippen molar-refractivity contribution in [2.45, 2.75) is 71.4 Å². The molecule has 1 fully saturated rings. The Kier molecular flexibility index (Phi) is 8.16. The highest BCUT2D eigenvalue weighted by atomic mass is 32.2. The minimum absolute atomic E-state index is 0.174. The van der Waals surface area contributed by atoms with Crippen molar-refractivity contribution in [3.8, 4) is 6.07 Å². The number of allylic oxidation sites excluding steroid dienone is 1. The van der Waals surface area contributed by atoms with Crippen molar-refractivity contribution in [3.05, 3.63) is 46.9 Å². The lowest BCUT2D eigenvalue weighted by Crippen LogP contribution is -2.31. The smallest absolute Gasteiger partial charge is 0.238 e. The minimum atomic E-state index is -3.62. The molecule has 0 bridgehead atoms. The Hall–Kier alpha value is -2.83. The number of nitriles is 1. The molecule has 33 heavy (non-hydrogen) atoms. The van der Waals surface area contributed by atoms with Crippen LogP contribution in [0.25, 0.3) is 10.9 Å². The maximum Gasteiger partial charge on any atom is 0.238 e. The van der Waals surface area contributed by atoms with Crippen LogP contribution in [0.5, 0.6) is 0 Å². The van der Waals surface area contributed by atoms with E-state index in [2.05, 4.69) is 19.3 Å². The molecule has 9 heteroatoms. The van der Waals surface area contributed by atoms with Crippen LogP contribution in [0.15, 0.2) is 45.4 Å². The van der Waals surface area contributed by atoms with Crippen LogP contribution < -0.4 is 4.72 Å². The van der Waals surface area contributed by atoms with Crippen LogP contribution in [0.1, 0.15) is 71.0 Å². The van der Waals surface area contributed by atoms with Crippen molar-refractivity contribution < 1.29 is 12.8 Å². The van der Waals surface area contributed by atoms with Crippen LogP contribution in [0.4, 0.5) is 4.39 Å². The molecular weight excluding hydrogens is 441 g/mol. The number of hydrogen-bond donors (Lipinski definition) is 1. The van der Waals surface area contributed by atoms with Crippen LogP contribution in [-0.4, -0.2) is 31.1 Å². The highest BCUT2D eigenvalue weighted by molar-refractivity contribution is 7.93. The zero-order chi connectivity index (χ0) is 24.0. The van der Waals surface area contributed by atoms with E-state index in [1.807, 2.05) is 6.07 Å². The molecule has 0 radical (unpaired) electrons. The molecule has 0 unspecified atom stereocenters. The standard InChI is InChI=1S/C22H27FN4O2S.C2H3N/c1-15(2)26-30(28,29)19-10-11-24-22(25-14-19)21-12-16-8-9-17(23)13-20(16)27(21)18-6-4-3-5-7-18;1-2-3/h8-9,11-15,18,26H,3-7,10H2,1-2H3;1H3. The van der Waals surface area contributed by atoms with Gasteiger partial charge in [0.25, 0.3) is 0 Å². The second-order valence-electron chi connectivity index (χ2n) is 8.46. The van der Waals surface area contributed by atoms with E-state index in [1.54, 1.807) is 38.3 Å². The number of aliphatic imine (C=N–C) groups is 2. The van der Waals surface area contributed by atoms with Gasteiger partial charge in [-0.2, -0.15) is 5.26 Å². The second kappa shape index (κ2) is 10.9. The molecule has 1 N–H and O–H groups in total. The van der Waals surface area contributed by atoms with Crippen molar-refractivity contribution >= 4 is 33.0 Å².